The van der Waals surface area contributed by atoms with Gasteiger partial charge in [-0.25, -0.2) is 9.37 Å². The van der Waals surface area contributed by atoms with E-state index in [1.54, 1.807) is 19.1 Å². The van der Waals surface area contributed by atoms with Gasteiger partial charge in [0.25, 0.3) is 5.91 Å². The highest BCUT2D eigenvalue weighted by Crippen LogP contribution is 2.31. The Kier molecular flexibility index (Phi) is 5.73. The lowest BCUT2D eigenvalue weighted by molar-refractivity contribution is 0.102. The summed E-state index contributed by atoms with van der Waals surface area (Å²) in [6.45, 7) is 6.02. The molecule has 136 valence electrons. The molecule has 0 radical (unpaired) electrons. The lowest BCUT2D eigenvalue weighted by Crippen LogP contribution is -2.11. The SMILES string of the molecule is CCC(CC)c1nnc(NC(=O)c2sc(-c3ccc(F)cc3)nc2C)s1. The monoisotopic (exact) mass is 390 g/mol. The molecule has 1 N–H and O–H groups in total. The number of nitrogens with zero attached hydrogens (tertiary/aromatic N) is 3. The number of anilines is 1. The Morgan fingerprint density at radius 2 is 1.85 bits per heavy atom. The topological polar surface area (TPSA) is 67.8 Å². The number of halogens is 1. The molecule has 2 aromatic heterocycles. The van der Waals surface area contributed by atoms with Gasteiger partial charge < -0.3 is 0 Å². The summed E-state index contributed by atoms with van der Waals surface area (Å²) >= 11 is 2.69. The van der Waals surface area contributed by atoms with Crippen molar-refractivity contribution in [1.29, 1.82) is 0 Å². The van der Waals surface area contributed by atoms with Crippen LogP contribution in [0.1, 0.15) is 53.0 Å². The number of aryl methyl sites for hydroxylation is 1. The van der Waals surface area contributed by atoms with Gasteiger partial charge >= 0.3 is 0 Å². The standard InChI is InChI=1S/C18H19FN4OS2/c1-4-11(5-2)17-22-23-18(26-17)21-15(24)14-10(3)20-16(25-14)12-6-8-13(19)9-7-12/h6-9,11H,4-5H2,1-3H3,(H,21,23,24). The first-order chi connectivity index (χ1) is 12.5. The Hall–Kier alpha value is -2.19. The number of aromatic nitrogens is 3. The number of carbonyl (C=O) groups excluding carboxylic acids is 1. The minimum Gasteiger partial charge on any atom is -0.296 e. The first-order valence-corrected chi connectivity index (χ1v) is 10.0. The molecule has 1 amide bonds. The Morgan fingerprint density at radius 3 is 2.50 bits per heavy atom. The Balaban J connectivity index is 1.77. The van der Waals surface area contributed by atoms with Crippen LogP contribution in [0.3, 0.4) is 0 Å². The third-order valence-corrected chi connectivity index (χ3v) is 6.30. The molecule has 0 aliphatic rings. The van der Waals surface area contributed by atoms with Crippen molar-refractivity contribution < 1.29 is 9.18 Å². The maximum Gasteiger partial charge on any atom is 0.269 e. The molecule has 1 aromatic carbocycles. The lowest BCUT2D eigenvalue weighted by atomic mass is 10.1. The van der Waals surface area contributed by atoms with Crippen LogP contribution in [0.2, 0.25) is 0 Å². The molecule has 3 aromatic rings. The van der Waals surface area contributed by atoms with E-state index in [4.69, 9.17) is 0 Å². The smallest absolute Gasteiger partial charge is 0.269 e. The van der Waals surface area contributed by atoms with E-state index >= 15 is 0 Å². The Bertz CT molecular complexity index is 900. The molecule has 0 bridgehead atoms. The molecule has 0 spiro atoms. The largest absolute Gasteiger partial charge is 0.296 e. The molecule has 0 aliphatic carbocycles. The second-order valence-electron chi connectivity index (χ2n) is 5.85. The van der Waals surface area contributed by atoms with Crippen LogP contribution in [0.5, 0.6) is 0 Å². The van der Waals surface area contributed by atoms with Crippen LogP contribution in [0, 0.1) is 12.7 Å². The van der Waals surface area contributed by atoms with E-state index in [0.717, 1.165) is 23.4 Å². The molecule has 0 aliphatic heterocycles. The van der Waals surface area contributed by atoms with Crippen molar-refractivity contribution in [2.75, 3.05) is 5.32 Å². The van der Waals surface area contributed by atoms with Gasteiger partial charge in [0, 0.05) is 11.5 Å². The number of amides is 1. The van der Waals surface area contributed by atoms with Crippen LogP contribution < -0.4 is 5.32 Å². The summed E-state index contributed by atoms with van der Waals surface area (Å²) in [4.78, 5) is 17.5. The van der Waals surface area contributed by atoms with Gasteiger partial charge in [0.2, 0.25) is 5.13 Å². The van der Waals surface area contributed by atoms with Crippen molar-refractivity contribution in [1.82, 2.24) is 15.2 Å². The molecule has 3 rings (SSSR count). The molecule has 0 saturated heterocycles. The van der Waals surface area contributed by atoms with Gasteiger partial charge in [0.15, 0.2) is 0 Å². The maximum absolute atomic E-state index is 13.1. The fourth-order valence-corrected chi connectivity index (χ4v) is 4.54. The van der Waals surface area contributed by atoms with Crippen molar-refractivity contribution in [3.05, 3.63) is 45.7 Å². The van der Waals surface area contributed by atoms with Gasteiger partial charge in [-0.1, -0.05) is 25.2 Å². The van der Waals surface area contributed by atoms with Crippen LogP contribution in [0.25, 0.3) is 10.6 Å². The molecule has 2 heterocycles. The summed E-state index contributed by atoms with van der Waals surface area (Å²) in [6, 6.07) is 6.07. The number of benzene rings is 1. The zero-order valence-corrected chi connectivity index (χ0v) is 16.4. The number of carbonyl (C=O) groups is 1. The molecular weight excluding hydrogens is 371 g/mol. The highest BCUT2D eigenvalue weighted by Gasteiger charge is 2.19. The predicted octanol–water partition coefficient (Wildman–Crippen LogP) is 5.27. The number of hydrogen-bond donors (Lipinski definition) is 1. The van der Waals surface area contributed by atoms with E-state index in [0.29, 0.717) is 26.6 Å². The normalized spacial score (nSPS) is 11.1. The number of thiazole rings is 1. The van der Waals surface area contributed by atoms with E-state index in [-0.39, 0.29) is 11.7 Å². The summed E-state index contributed by atoms with van der Waals surface area (Å²) in [5.74, 6) is -0.182. The van der Waals surface area contributed by atoms with E-state index in [1.165, 1.54) is 34.8 Å². The number of rotatable bonds is 6. The Labute approximate surface area is 159 Å². The average molecular weight is 391 g/mol. The molecule has 0 unspecified atom stereocenters. The van der Waals surface area contributed by atoms with Crippen molar-refractivity contribution in [3.8, 4) is 10.6 Å². The molecular formula is C18H19FN4OS2. The molecule has 0 fully saturated rings. The van der Waals surface area contributed by atoms with E-state index in [2.05, 4.69) is 34.3 Å². The summed E-state index contributed by atoms with van der Waals surface area (Å²) in [5.41, 5.74) is 1.42. The first-order valence-electron chi connectivity index (χ1n) is 8.39. The van der Waals surface area contributed by atoms with Crippen molar-refractivity contribution in [2.45, 2.75) is 39.5 Å². The quantitative estimate of drug-likeness (QED) is 0.623. The van der Waals surface area contributed by atoms with Crippen molar-refractivity contribution in [3.63, 3.8) is 0 Å². The first kappa shape index (κ1) is 18.6. The minimum atomic E-state index is -0.301. The van der Waals surface area contributed by atoms with E-state index in [1.807, 2.05) is 0 Å². The van der Waals surface area contributed by atoms with Crippen LogP contribution in [0.4, 0.5) is 9.52 Å². The second-order valence-corrected chi connectivity index (χ2v) is 7.86. The van der Waals surface area contributed by atoms with Crippen LogP contribution >= 0.6 is 22.7 Å². The fraction of sp³-hybridized carbons (Fsp3) is 0.333. The highest BCUT2D eigenvalue weighted by atomic mass is 32.1. The van der Waals surface area contributed by atoms with Gasteiger partial charge in [0.1, 0.15) is 20.7 Å². The molecule has 5 nitrogen and oxygen atoms in total. The molecule has 0 atom stereocenters. The zero-order valence-electron chi connectivity index (χ0n) is 14.7. The number of nitrogens with one attached hydrogen (secondary N) is 1. The summed E-state index contributed by atoms with van der Waals surface area (Å²) in [6.07, 6.45) is 1.99. The van der Waals surface area contributed by atoms with Crippen LogP contribution in [-0.2, 0) is 0 Å². The average Bonchev–Trinajstić information content (AvgIpc) is 3.24. The van der Waals surface area contributed by atoms with Crippen LogP contribution in [-0.4, -0.2) is 21.1 Å². The van der Waals surface area contributed by atoms with E-state index < -0.39 is 0 Å². The molecule has 8 heteroatoms. The van der Waals surface area contributed by atoms with Gasteiger partial charge in [-0.3, -0.25) is 10.1 Å². The van der Waals surface area contributed by atoms with Crippen LogP contribution in [0.15, 0.2) is 24.3 Å². The zero-order chi connectivity index (χ0) is 18.7. The summed E-state index contributed by atoms with van der Waals surface area (Å²) in [5, 5.41) is 13.2. The molecule has 26 heavy (non-hydrogen) atoms. The van der Waals surface area contributed by atoms with Crippen molar-refractivity contribution >= 4 is 33.7 Å². The summed E-state index contributed by atoms with van der Waals surface area (Å²) < 4.78 is 13.1. The fourth-order valence-electron chi connectivity index (χ4n) is 2.56. The van der Waals surface area contributed by atoms with Crippen molar-refractivity contribution in [2.24, 2.45) is 0 Å². The number of hydrogen-bond acceptors (Lipinski definition) is 6. The Morgan fingerprint density at radius 1 is 1.15 bits per heavy atom. The van der Waals surface area contributed by atoms with Gasteiger partial charge in [-0.15, -0.1) is 21.5 Å². The lowest BCUT2D eigenvalue weighted by Gasteiger charge is -2.05. The molecule has 0 saturated carbocycles. The summed E-state index contributed by atoms with van der Waals surface area (Å²) in [7, 11) is 0. The minimum absolute atomic E-state index is 0.249. The van der Waals surface area contributed by atoms with Gasteiger partial charge in [-0.05, 0) is 44.0 Å². The highest BCUT2D eigenvalue weighted by molar-refractivity contribution is 7.17. The second kappa shape index (κ2) is 8.01. The third kappa shape index (κ3) is 3.96. The van der Waals surface area contributed by atoms with E-state index in [9.17, 15) is 9.18 Å². The maximum atomic E-state index is 13.1. The van der Waals surface area contributed by atoms with Gasteiger partial charge in [0.05, 0.1) is 5.69 Å². The predicted molar refractivity (Wildman–Crippen MR) is 103 cm³/mol. The van der Waals surface area contributed by atoms with Gasteiger partial charge in [-0.2, -0.15) is 0 Å². The third-order valence-electron chi connectivity index (χ3n) is 4.09.